The van der Waals surface area contributed by atoms with Gasteiger partial charge in [-0.15, -0.1) is 0 Å². The molecule has 0 bridgehead atoms. The first-order valence-corrected chi connectivity index (χ1v) is 11.2. The average molecular weight is 471 g/mol. The molecule has 10 nitrogen and oxygen atoms in total. The Morgan fingerprint density at radius 2 is 0.879 bits per heavy atom. The molecule has 2 heterocycles. The van der Waals surface area contributed by atoms with E-state index in [1.807, 2.05) is 24.5 Å². The second-order valence-electron chi connectivity index (χ2n) is 6.95. The highest BCUT2D eigenvalue weighted by Crippen LogP contribution is 2.25. The van der Waals surface area contributed by atoms with Crippen molar-refractivity contribution in [1.82, 2.24) is 9.97 Å². The Bertz CT molecular complexity index is 648. The average Bonchev–Trinajstić information content (AvgIpc) is 3.46. The summed E-state index contributed by atoms with van der Waals surface area (Å²) < 4.78 is 43.3. The number of hydrogen-bond donors (Lipinski definition) is 2. The molecule has 0 aliphatic heterocycles. The van der Waals surface area contributed by atoms with Crippen molar-refractivity contribution in [2.75, 3.05) is 93.5 Å². The number of aromatic amines is 2. The molecule has 0 fully saturated rings. The highest BCUT2D eigenvalue weighted by molar-refractivity contribution is 5.36. The van der Waals surface area contributed by atoms with Crippen molar-refractivity contribution in [2.24, 2.45) is 0 Å². The number of ether oxygens (including phenoxy) is 8. The second kappa shape index (κ2) is 18.4. The zero-order valence-electron chi connectivity index (χ0n) is 19.8. The van der Waals surface area contributed by atoms with Crippen LogP contribution in [0.3, 0.4) is 0 Å². The number of rotatable bonds is 22. The van der Waals surface area contributed by atoms with Crippen LogP contribution in [-0.2, 0) is 34.8 Å². The number of hydrogen-bond acceptors (Lipinski definition) is 8. The molecule has 0 saturated carbocycles. The van der Waals surface area contributed by atoms with Crippen molar-refractivity contribution in [3.63, 3.8) is 0 Å². The van der Waals surface area contributed by atoms with E-state index in [-0.39, 0.29) is 0 Å². The van der Waals surface area contributed by atoms with Crippen molar-refractivity contribution < 1.29 is 37.9 Å². The number of H-pyrrole nitrogens is 2. The molecule has 0 saturated heterocycles. The first-order chi connectivity index (χ1) is 16.3. The van der Waals surface area contributed by atoms with Crippen LogP contribution < -0.4 is 9.47 Å². The van der Waals surface area contributed by atoms with E-state index in [0.29, 0.717) is 85.7 Å². The van der Waals surface area contributed by atoms with E-state index in [0.717, 1.165) is 22.9 Å². The van der Waals surface area contributed by atoms with E-state index in [4.69, 9.17) is 37.9 Å². The molecule has 188 valence electrons. The third-order valence-corrected chi connectivity index (χ3v) is 4.51. The molecule has 0 unspecified atom stereocenters. The Labute approximate surface area is 195 Å². The zero-order chi connectivity index (χ0) is 23.4. The minimum Gasteiger partial charge on any atom is -0.489 e. The summed E-state index contributed by atoms with van der Waals surface area (Å²) in [5, 5.41) is 0. The molecule has 2 aromatic rings. The molecule has 0 aliphatic rings. The fourth-order valence-electron chi connectivity index (χ4n) is 2.85. The maximum atomic E-state index is 5.86. The fourth-order valence-corrected chi connectivity index (χ4v) is 2.85. The predicted octanol–water partition coefficient (Wildman–Crippen LogP) is 2.05. The van der Waals surface area contributed by atoms with Crippen LogP contribution in [0.2, 0.25) is 0 Å². The van der Waals surface area contributed by atoms with E-state index >= 15 is 0 Å². The Morgan fingerprint density at radius 3 is 1.27 bits per heavy atom. The maximum Gasteiger partial charge on any atom is 0.140 e. The van der Waals surface area contributed by atoms with Crippen LogP contribution in [0.25, 0.3) is 0 Å². The summed E-state index contributed by atoms with van der Waals surface area (Å²) >= 11 is 0. The minimum atomic E-state index is 0.462. The largest absolute Gasteiger partial charge is 0.489 e. The lowest BCUT2D eigenvalue weighted by atomic mass is 10.2. The lowest BCUT2D eigenvalue weighted by Gasteiger charge is -2.10. The normalized spacial score (nSPS) is 11.2. The van der Waals surface area contributed by atoms with Gasteiger partial charge in [0.25, 0.3) is 0 Å². The summed E-state index contributed by atoms with van der Waals surface area (Å²) in [4.78, 5) is 6.47. The molecular formula is C23H38N2O8. The summed E-state index contributed by atoms with van der Waals surface area (Å²) in [6, 6.07) is 3.82. The Hall–Kier alpha value is -2.08. The highest BCUT2D eigenvalue weighted by Gasteiger charge is 2.11. The summed E-state index contributed by atoms with van der Waals surface area (Å²) in [6.07, 6.45) is 4.36. The third-order valence-electron chi connectivity index (χ3n) is 4.51. The van der Waals surface area contributed by atoms with Gasteiger partial charge in [0.05, 0.1) is 77.5 Å². The molecule has 2 N–H and O–H groups in total. The van der Waals surface area contributed by atoms with Gasteiger partial charge in [-0.3, -0.25) is 0 Å². The van der Waals surface area contributed by atoms with E-state index in [1.165, 1.54) is 0 Å². The van der Waals surface area contributed by atoms with Gasteiger partial charge in [0.15, 0.2) is 0 Å². The van der Waals surface area contributed by atoms with Gasteiger partial charge in [-0.1, -0.05) is 0 Å². The number of aromatic nitrogens is 2. The maximum absolute atomic E-state index is 5.86. The highest BCUT2D eigenvalue weighted by atomic mass is 16.6. The van der Waals surface area contributed by atoms with Crippen LogP contribution in [0, 0.1) is 0 Å². The second-order valence-corrected chi connectivity index (χ2v) is 6.95. The molecule has 0 atom stereocenters. The number of nitrogens with one attached hydrogen (secondary N) is 2. The Balaban J connectivity index is 1.60. The van der Waals surface area contributed by atoms with Gasteiger partial charge in [-0.05, 0) is 12.1 Å². The predicted molar refractivity (Wildman–Crippen MR) is 122 cm³/mol. The fraction of sp³-hybridized carbons (Fsp3) is 0.652. The van der Waals surface area contributed by atoms with Crippen molar-refractivity contribution in [3.05, 3.63) is 35.9 Å². The van der Waals surface area contributed by atoms with Crippen LogP contribution in [0.4, 0.5) is 0 Å². The molecule has 0 spiro atoms. The van der Waals surface area contributed by atoms with Crippen LogP contribution in [0.15, 0.2) is 24.5 Å². The van der Waals surface area contributed by atoms with Crippen LogP contribution in [0.1, 0.15) is 11.4 Å². The third kappa shape index (κ3) is 12.1. The van der Waals surface area contributed by atoms with Gasteiger partial charge >= 0.3 is 0 Å². The van der Waals surface area contributed by atoms with E-state index in [2.05, 4.69) is 9.97 Å². The molecule has 10 heteroatoms. The topological polar surface area (TPSA) is 105 Å². The lowest BCUT2D eigenvalue weighted by molar-refractivity contribution is 0.0178. The molecular weight excluding hydrogens is 432 g/mol. The SMILES string of the molecule is COCCOCCOCCOc1cc[nH]c1Cc1[nH]ccc1OCCOCCOCCOC. The molecule has 0 radical (unpaired) electrons. The van der Waals surface area contributed by atoms with Crippen LogP contribution in [0.5, 0.6) is 11.5 Å². The van der Waals surface area contributed by atoms with Gasteiger partial charge in [-0.2, -0.15) is 0 Å². The lowest BCUT2D eigenvalue weighted by Crippen LogP contribution is -2.13. The van der Waals surface area contributed by atoms with Gasteiger partial charge in [0.2, 0.25) is 0 Å². The van der Waals surface area contributed by atoms with Gasteiger partial charge < -0.3 is 47.9 Å². The van der Waals surface area contributed by atoms with E-state index < -0.39 is 0 Å². The smallest absolute Gasteiger partial charge is 0.140 e. The van der Waals surface area contributed by atoms with E-state index in [9.17, 15) is 0 Å². The number of methoxy groups -OCH3 is 2. The van der Waals surface area contributed by atoms with Crippen LogP contribution in [-0.4, -0.2) is 103 Å². The van der Waals surface area contributed by atoms with Gasteiger partial charge in [0.1, 0.15) is 24.7 Å². The summed E-state index contributed by atoms with van der Waals surface area (Å²) in [5.41, 5.74) is 1.93. The Kier molecular flexibility index (Phi) is 15.1. The summed E-state index contributed by atoms with van der Waals surface area (Å²) in [7, 11) is 3.30. The first-order valence-electron chi connectivity index (χ1n) is 11.2. The van der Waals surface area contributed by atoms with Crippen molar-refractivity contribution in [2.45, 2.75) is 6.42 Å². The molecule has 2 rings (SSSR count). The summed E-state index contributed by atoms with van der Waals surface area (Å²) in [6.45, 7) is 6.38. The molecule has 2 aromatic heterocycles. The van der Waals surface area contributed by atoms with Crippen molar-refractivity contribution in [1.29, 1.82) is 0 Å². The molecule has 0 aromatic carbocycles. The van der Waals surface area contributed by atoms with Gasteiger partial charge in [0, 0.05) is 33.0 Å². The van der Waals surface area contributed by atoms with Gasteiger partial charge in [-0.25, -0.2) is 0 Å². The quantitative estimate of drug-likeness (QED) is 0.252. The minimum absolute atomic E-state index is 0.462. The van der Waals surface area contributed by atoms with Crippen LogP contribution >= 0.6 is 0 Å². The monoisotopic (exact) mass is 470 g/mol. The zero-order valence-corrected chi connectivity index (χ0v) is 19.8. The van der Waals surface area contributed by atoms with Crippen molar-refractivity contribution >= 4 is 0 Å². The Morgan fingerprint density at radius 1 is 0.515 bits per heavy atom. The molecule has 33 heavy (non-hydrogen) atoms. The first kappa shape index (κ1) is 27.2. The van der Waals surface area contributed by atoms with Crippen molar-refractivity contribution in [3.8, 4) is 11.5 Å². The summed E-state index contributed by atoms with van der Waals surface area (Å²) in [5.74, 6) is 1.60. The standard InChI is InChI=1S/C23H38N2O8/c1-26-7-9-28-11-13-30-15-17-32-22-3-5-24-20(22)19-21-23(4-6-25-21)33-18-16-31-14-12-29-10-8-27-2/h3-6,24-25H,7-19H2,1-2H3. The molecule has 0 amide bonds. The molecule has 0 aliphatic carbocycles. The van der Waals surface area contributed by atoms with E-state index in [1.54, 1.807) is 14.2 Å².